The highest BCUT2D eigenvalue weighted by Crippen LogP contribution is 2.20. The van der Waals surface area contributed by atoms with E-state index in [0.717, 1.165) is 0 Å². The highest BCUT2D eigenvalue weighted by atomic mass is 16.5. The van der Waals surface area contributed by atoms with Crippen molar-refractivity contribution >= 4 is 17.1 Å². The third kappa shape index (κ3) is 1.95. The van der Waals surface area contributed by atoms with Gasteiger partial charge < -0.3 is 15.0 Å². The van der Waals surface area contributed by atoms with Gasteiger partial charge >= 0.3 is 0 Å². The van der Waals surface area contributed by atoms with Crippen LogP contribution in [0.2, 0.25) is 0 Å². The number of imidazole rings is 1. The highest BCUT2D eigenvalue weighted by molar-refractivity contribution is 5.76. The summed E-state index contributed by atoms with van der Waals surface area (Å²) in [4.78, 5) is 15.4. The topological polar surface area (TPSA) is 75.7 Å². The van der Waals surface area contributed by atoms with Crippen molar-refractivity contribution in [2.45, 2.75) is 6.92 Å². The van der Waals surface area contributed by atoms with Crippen molar-refractivity contribution in [3.8, 4) is 5.88 Å². The Bertz CT molecular complexity index is 505. The fourth-order valence-electron chi connectivity index (χ4n) is 1.25. The normalized spacial score (nSPS) is 11.1. The first-order valence-electron chi connectivity index (χ1n) is 4.98. The van der Waals surface area contributed by atoms with Gasteiger partial charge in [-0.25, -0.2) is 4.98 Å². The van der Waals surface area contributed by atoms with Crippen LogP contribution in [-0.2, 0) is 0 Å². The summed E-state index contributed by atoms with van der Waals surface area (Å²) in [6, 6.07) is 0. The second-order valence-electron chi connectivity index (χ2n) is 3.08. The lowest BCUT2D eigenvalue weighted by Crippen LogP contribution is -2.02. The number of hydrogen-bond donors (Lipinski definition) is 2. The largest absolute Gasteiger partial charge is 0.472 e. The van der Waals surface area contributed by atoms with Gasteiger partial charge in [-0.05, 0) is 6.92 Å². The van der Waals surface area contributed by atoms with Gasteiger partial charge in [0.15, 0.2) is 5.65 Å². The molecule has 2 aromatic rings. The van der Waals surface area contributed by atoms with Gasteiger partial charge in [0.1, 0.15) is 12.1 Å². The summed E-state index contributed by atoms with van der Waals surface area (Å²) in [5.74, 6) is 1.00. The molecule has 0 atom stereocenters. The number of fused-ring (bicyclic) bond motifs is 1. The molecule has 0 aliphatic rings. The first kappa shape index (κ1) is 10.4. The van der Waals surface area contributed by atoms with Crippen LogP contribution in [0.5, 0.6) is 5.88 Å². The Kier molecular flexibility index (Phi) is 3.00. The summed E-state index contributed by atoms with van der Waals surface area (Å²) >= 11 is 0. The molecule has 0 saturated carbocycles. The summed E-state index contributed by atoms with van der Waals surface area (Å²) in [5, 5.41) is 2.87. The quantitative estimate of drug-likeness (QED) is 0.759. The maximum absolute atomic E-state index is 5.51. The molecule has 0 bridgehead atoms. The van der Waals surface area contributed by atoms with Crippen molar-refractivity contribution in [2.24, 2.45) is 0 Å². The predicted molar refractivity (Wildman–Crippen MR) is 61.5 cm³/mol. The molecule has 0 unspecified atom stereocenters. The Hall–Kier alpha value is -2.11. The number of allylic oxidation sites excluding steroid dienone is 1. The number of aromatic nitrogens is 4. The van der Waals surface area contributed by atoms with E-state index in [2.05, 4.69) is 25.3 Å². The zero-order valence-electron chi connectivity index (χ0n) is 9.19. The maximum Gasteiger partial charge on any atom is 0.245 e. The summed E-state index contributed by atoms with van der Waals surface area (Å²) in [5.41, 5.74) is 1.30. The lowest BCUT2D eigenvalue weighted by atomic mass is 10.5. The van der Waals surface area contributed by atoms with E-state index in [1.165, 1.54) is 0 Å². The van der Waals surface area contributed by atoms with Crippen LogP contribution in [0.3, 0.4) is 0 Å². The van der Waals surface area contributed by atoms with Gasteiger partial charge in [-0.15, -0.1) is 0 Å². The monoisotopic (exact) mass is 219 g/mol. The average Bonchev–Trinajstić information content (AvgIpc) is 2.77. The van der Waals surface area contributed by atoms with Crippen LogP contribution in [-0.4, -0.2) is 33.6 Å². The van der Waals surface area contributed by atoms with Crippen LogP contribution in [0.25, 0.3) is 11.2 Å². The van der Waals surface area contributed by atoms with E-state index in [1.54, 1.807) is 13.4 Å². The van der Waals surface area contributed by atoms with Crippen molar-refractivity contribution in [3.63, 3.8) is 0 Å². The molecule has 2 N–H and O–H groups in total. The van der Waals surface area contributed by atoms with Gasteiger partial charge in [0.2, 0.25) is 11.8 Å². The van der Waals surface area contributed by atoms with Gasteiger partial charge in [0, 0.05) is 7.05 Å². The number of nitrogens with zero attached hydrogens (tertiary/aromatic N) is 3. The molecular weight excluding hydrogens is 206 g/mol. The van der Waals surface area contributed by atoms with Crippen molar-refractivity contribution in [2.75, 3.05) is 19.0 Å². The van der Waals surface area contributed by atoms with Crippen LogP contribution in [0, 0.1) is 0 Å². The number of ether oxygens (including phenoxy) is 1. The Balaban J connectivity index is 2.36. The van der Waals surface area contributed by atoms with Gasteiger partial charge in [-0.3, -0.25) is 0 Å². The lowest BCUT2D eigenvalue weighted by Gasteiger charge is -2.04. The third-order valence-electron chi connectivity index (χ3n) is 2.03. The van der Waals surface area contributed by atoms with E-state index in [0.29, 0.717) is 29.6 Å². The van der Waals surface area contributed by atoms with Gasteiger partial charge in [0.25, 0.3) is 0 Å². The predicted octanol–water partition coefficient (Wildman–Crippen LogP) is 1.35. The fourth-order valence-corrected chi connectivity index (χ4v) is 1.25. The first-order valence-corrected chi connectivity index (χ1v) is 4.98. The molecule has 0 aromatic carbocycles. The van der Waals surface area contributed by atoms with E-state index in [1.807, 2.05) is 19.1 Å². The molecule has 84 valence electrons. The number of rotatable bonds is 4. The minimum Gasteiger partial charge on any atom is -0.472 e. The van der Waals surface area contributed by atoms with Crippen molar-refractivity contribution in [1.29, 1.82) is 0 Å². The standard InChI is InChI=1S/C10H13N5O/c1-3-4-5-16-9-7-8(13-6-12-7)14-10(11-2)15-9/h3-4,6H,5H2,1-2H3,(H2,11,12,13,14,15)/b4-3+. The minimum atomic E-state index is 0.477. The molecule has 0 aliphatic heterocycles. The number of aromatic amines is 1. The van der Waals surface area contributed by atoms with E-state index in [9.17, 15) is 0 Å². The molecule has 0 saturated heterocycles. The first-order chi connectivity index (χ1) is 7.85. The fraction of sp³-hybridized carbons (Fsp3) is 0.300. The van der Waals surface area contributed by atoms with E-state index < -0.39 is 0 Å². The van der Waals surface area contributed by atoms with Crippen LogP contribution < -0.4 is 10.1 Å². The highest BCUT2D eigenvalue weighted by Gasteiger charge is 2.09. The van der Waals surface area contributed by atoms with E-state index >= 15 is 0 Å². The van der Waals surface area contributed by atoms with Crippen LogP contribution in [0.15, 0.2) is 18.5 Å². The summed E-state index contributed by atoms with van der Waals surface area (Å²) in [6.45, 7) is 2.42. The minimum absolute atomic E-state index is 0.477. The zero-order chi connectivity index (χ0) is 11.4. The Labute approximate surface area is 92.8 Å². The van der Waals surface area contributed by atoms with Crippen molar-refractivity contribution in [3.05, 3.63) is 18.5 Å². The Morgan fingerprint density at radius 2 is 2.38 bits per heavy atom. The van der Waals surface area contributed by atoms with Crippen LogP contribution in [0.1, 0.15) is 6.92 Å². The molecule has 2 rings (SSSR count). The molecule has 2 heterocycles. The Morgan fingerprint density at radius 1 is 1.50 bits per heavy atom. The Morgan fingerprint density at radius 3 is 3.12 bits per heavy atom. The molecule has 6 nitrogen and oxygen atoms in total. The van der Waals surface area contributed by atoms with Crippen LogP contribution >= 0.6 is 0 Å². The molecule has 0 fully saturated rings. The number of H-pyrrole nitrogens is 1. The van der Waals surface area contributed by atoms with Crippen molar-refractivity contribution in [1.82, 2.24) is 19.9 Å². The number of nitrogens with one attached hydrogen (secondary N) is 2. The number of anilines is 1. The summed E-state index contributed by atoms with van der Waals surface area (Å²) in [7, 11) is 1.75. The lowest BCUT2D eigenvalue weighted by molar-refractivity contribution is 0.352. The second-order valence-corrected chi connectivity index (χ2v) is 3.08. The average molecular weight is 219 g/mol. The SMILES string of the molecule is C/C=C/COc1nc(NC)nc2nc[nH]c12. The smallest absolute Gasteiger partial charge is 0.245 e. The van der Waals surface area contributed by atoms with Gasteiger partial charge in [-0.2, -0.15) is 9.97 Å². The van der Waals surface area contributed by atoms with Crippen LogP contribution in [0.4, 0.5) is 5.95 Å². The molecule has 6 heteroatoms. The van der Waals surface area contributed by atoms with Crippen molar-refractivity contribution < 1.29 is 4.74 Å². The van der Waals surface area contributed by atoms with Gasteiger partial charge in [0.05, 0.1) is 6.33 Å². The molecule has 0 amide bonds. The molecule has 0 spiro atoms. The zero-order valence-corrected chi connectivity index (χ0v) is 9.19. The molecule has 0 aliphatic carbocycles. The number of hydrogen-bond acceptors (Lipinski definition) is 5. The summed E-state index contributed by atoms with van der Waals surface area (Å²) in [6.07, 6.45) is 5.40. The third-order valence-corrected chi connectivity index (χ3v) is 2.03. The molecular formula is C10H13N5O. The van der Waals surface area contributed by atoms with Gasteiger partial charge in [-0.1, -0.05) is 12.2 Å². The van der Waals surface area contributed by atoms with E-state index in [-0.39, 0.29) is 0 Å². The van der Waals surface area contributed by atoms with E-state index in [4.69, 9.17) is 4.74 Å². The summed E-state index contributed by atoms with van der Waals surface area (Å²) < 4.78 is 5.51. The second kappa shape index (κ2) is 4.61. The maximum atomic E-state index is 5.51. The molecule has 0 radical (unpaired) electrons. The molecule has 2 aromatic heterocycles. The molecule has 16 heavy (non-hydrogen) atoms.